The highest BCUT2D eigenvalue weighted by molar-refractivity contribution is 5.98. The minimum atomic E-state index is -0.112. The molecule has 27 heavy (non-hydrogen) atoms. The van der Waals surface area contributed by atoms with Crippen LogP contribution < -0.4 is 0 Å². The van der Waals surface area contributed by atoms with E-state index in [1.54, 1.807) is 28.1 Å². The van der Waals surface area contributed by atoms with E-state index < -0.39 is 0 Å². The SMILES string of the molecule is CCCN(CCC)C(=O)c1cc(C(=O)N(CC)Cc2ccccc2)ccn1. The Kier molecular flexibility index (Phi) is 7.99. The summed E-state index contributed by atoms with van der Waals surface area (Å²) in [7, 11) is 0. The van der Waals surface area contributed by atoms with E-state index in [2.05, 4.69) is 4.98 Å². The van der Waals surface area contributed by atoms with Gasteiger partial charge in [-0.05, 0) is 37.5 Å². The molecule has 0 bridgehead atoms. The highest BCUT2D eigenvalue weighted by atomic mass is 16.2. The molecule has 1 aromatic carbocycles. The Hall–Kier alpha value is -2.69. The van der Waals surface area contributed by atoms with Crippen LogP contribution in [0.15, 0.2) is 48.7 Å². The van der Waals surface area contributed by atoms with Gasteiger partial charge in [0.05, 0.1) is 0 Å². The number of rotatable bonds is 9. The lowest BCUT2D eigenvalue weighted by molar-refractivity contribution is 0.0748. The molecule has 0 aliphatic carbocycles. The van der Waals surface area contributed by atoms with Crippen molar-refractivity contribution in [2.75, 3.05) is 19.6 Å². The van der Waals surface area contributed by atoms with Crippen molar-refractivity contribution >= 4 is 11.8 Å². The first-order valence-corrected chi connectivity index (χ1v) is 9.69. The van der Waals surface area contributed by atoms with Gasteiger partial charge in [-0.3, -0.25) is 14.6 Å². The average molecular weight is 367 g/mol. The zero-order valence-electron chi connectivity index (χ0n) is 16.5. The number of hydrogen-bond donors (Lipinski definition) is 0. The van der Waals surface area contributed by atoms with E-state index in [4.69, 9.17) is 0 Å². The molecule has 0 N–H and O–H groups in total. The van der Waals surface area contributed by atoms with Gasteiger partial charge in [0, 0.05) is 37.9 Å². The molecule has 5 nitrogen and oxygen atoms in total. The number of carbonyl (C=O) groups is 2. The molecule has 2 rings (SSSR count). The van der Waals surface area contributed by atoms with Gasteiger partial charge in [0.25, 0.3) is 11.8 Å². The van der Waals surface area contributed by atoms with Gasteiger partial charge in [0.1, 0.15) is 5.69 Å². The number of pyridine rings is 1. The standard InChI is InChI=1S/C22H29N3O2/c1-4-14-25(15-5-2)22(27)20-16-19(12-13-23-20)21(26)24(6-3)17-18-10-8-7-9-11-18/h7-13,16H,4-6,14-15,17H2,1-3H3. The lowest BCUT2D eigenvalue weighted by Crippen LogP contribution is -2.34. The first-order valence-electron chi connectivity index (χ1n) is 9.69. The van der Waals surface area contributed by atoms with Gasteiger partial charge in [0.15, 0.2) is 0 Å². The Morgan fingerprint density at radius 3 is 2.15 bits per heavy atom. The lowest BCUT2D eigenvalue weighted by Gasteiger charge is -2.23. The molecular weight excluding hydrogens is 338 g/mol. The third-order valence-corrected chi connectivity index (χ3v) is 4.39. The second-order valence-corrected chi connectivity index (χ2v) is 6.53. The number of carbonyl (C=O) groups excluding carboxylic acids is 2. The summed E-state index contributed by atoms with van der Waals surface area (Å²) in [6.45, 7) is 8.58. The Labute approximate surface area is 162 Å². The smallest absolute Gasteiger partial charge is 0.272 e. The monoisotopic (exact) mass is 367 g/mol. The van der Waals surface area contributed by atoms with Crippen LogP contribution in [0.25, 0.3) is 0 Å². The molecule has 0 atom stereocenters. The molecule has 2 amide bonds. The fourth-order valence-corrected chi connectivity index (χ4v) is 3.01. The zero-order chi connectivity index (χ0) is 19.6. The van der Waals surface area contributed by atoms with Crippen LogP contribution >= 0.6 is 0 Å². The van der Waals surface area contributed by atoms with Gasteiger partial charge in [-0.25, -0.2) is 0 Å². The van der Waals surface area contributed by atoms with E-state index >= 15 is 0 Å². The lowest BCUT2D eigenvalue weighted by atomic mass is 10.1. The third-order valence-electron chi connectivity index (χ3n) is 4.39. The molecule has 0 fully saturated rings. The van der Waals surface area contributed by atoms with Crippen molar-refractivity contribution in [1.29, 1.82) is 0 Å². The van der Waals surface area contributed by atoms with Crippen molar-refractivity contribution in [3.63, 3.8) is 0 Å². The summed E-state index contributed by atoms with van der Waals surface area (Å²) in [5, 5.41) is 0. The summed E-state index contributed by atoms with van der Waals surface area (Å²) in [5.74, 6) is -0.199. The summed E-state index contributed by atoms with van der Waals surface area (Å²) in [6.07, 6.45) is 3.34. The van der Waals surface area contributed by atoms with Crippen molar-refractivity contribution in [2.24, 2.45) is 0 Å². The topological polar surface area (TPSA) is 53.5 Å². The molecule has 0 unspecified atom stereocenters. The Morgan fingerprint density at radius 1 is 0.889 bits per heavy atom. The van der Waals surface area contributed by atoms with Crippen LogP contribution in [0.3, 0.4) is 0 Å². The minimum absolute atomic E-state index is 0.0877. The Morgan fingerprint density at radius 2 is 1.56 bits per heavy atom. The maximum atomic E-state index is 12.9. The molecule has 0 saturated carbocycles. The first-order chi connectivity index (χ1) is 13.1. The predicted molar refractivity (Wildman–Crippen MR) is 108 cm³/mol. The van der Waals surface area contributed by atoms with Crippen LogP contribution in [-0.2, 0) is 6.54 Å². The molecule has 0 spiro atoms. The second-order valence-electron chi connectivity index (χ2n) is 6.53. The van der Waals surface area contributed by atoms with Crippen molar-refractivity contribution in [3.05, 3.63) is 65.5 Å². The van der Waals surface area contributed by atoms with Crippen molar-refractivity contribution < 1.29 is 9.59 Å². The summed E-state index contributed by atoms with van der Waals surface area (Å²) in [4.78, 5) is 33.5. The maximum absolute atomic E-state index is 12.9. The number of nitrogens with zero attached hydrogens (tertiary/aromatic N) is 3. The van der Waals surface area contributed by atoms with E-state index in [-0.39, 0.29) is 11.8 Å². The fourth-order valence-electron chi connectivity index (χ4n) is 3.01. The van der Waals surface area contributed by atoms with Gasteiger partial charge < -0.3 is 9.80 Å². The number of aromatic nitrogens is 1. The molecular formula is C22H29N3O2. The molecule has 5 heteroatoms. The van der Waals surface area contributed by atoms with E-state index in [0.29, 0.717) is 37.4 Å². The molecule has 0 radical (unpaired) electrons. The van der Waals surface area contributed by atoms with Crippen LogP contribution in [-0.4, -0.2) is 46.2 Å². The Balaban J connectivity index is 2.19. The van der Waals surface area contributed by atoms with Crippen molar-refractivity contribution in [2.45, 2.75) is 40.2 Å². The molecule has 144 valence electrons. The molecule has 0 aliphatic rings. The van der Waals surface area contributed by atoms with Gasteiger partial charge >= 0.3 is 0 Å². The molecule has 0 saturated heterocycles. The van der Waals surface area contributed by atoms with Gasteiger partial charge in [-0.1, -0.05) is 44.2 Å². The molecule has 2 aromatic rings. The fraction of sp³-hybridized carbons (Fsp3) is 0.409. The maximum Gasteiger partial charge on any atom is 0.272 e. The Bertz CT molecular complexity index is 740. The molecule has 1 heterocycles. The van der Waals surface area contributed by atoms with Crippen molar-refractivity contribution in [1.82, 2.24) is 14.8 Å². The quantitative estimate of drug-likeness (QED) is 0.673. The van der Waals surface area contributed by atoms with Crippen LogP contribution in [0.2, 0.25) is 0 Å². The van der Waals surface area contributed by atoms with E-state index in [9.17, 15) is 9.59 Å². The summed E-state index contributed by atoms with van der Waals surface area (Å²) in [5.41, 5.74) is 1.91. The van der Waals surface area contributed by atoms with Crippen LogP contribution in [0.5, 0.6) is 0 Å². The van der Waals surface area contributed by atoms with Gasteiger partial charge in [-0.2, -0.15) is 0 Å². The van der Waals surface area contributed by atoms with E-state index in [0.717, 1.165) is 18.4 Å². The first kappa shape index (κ1) is 20.6. The van der Waals surface area contributed by atoms with Gasteiger partial charge in [-0.15, -0.1) is 0 Å². The average Bonchev–Trinajstić information content (AvgIpc) is 2.71. The highest BCUT2D eigenvalue weighted by Gasteiger charge is 2.20. The summed E-state index contributed by atoms with van der Waals surface area (Å²) < 4.78 is 0. The predicted octanol–water partition coefficient (Wildman–Crippen LogP) is 4.01. The third kappa shape index (κ3) is 5.64. The van der Waals surface area contributed by atoms with Crippen LogP contribution in [0, 0.1) is 0 Å². The molecule has 1 aromatic heterocycles. The largest absolute Gasteiger partial charge is 0.337 e. The highest BCUT2D eigenvalue weighted by Crippen LogP contribution is 2.12. The van der Waals surface area contributed by atoms with Crippen LogP contribution in [0.1, 0.15) is 60.0 Å². The normalized spacial score (nSPS) is 10.5. The number of hydrogen-bond acceptors (Lipinski definition) is 3. The van der Waals surface area contributed by atoms with Crippen molar-refractivity contribution in [3.8, 4) is 0 Å². The van der Waals surface area contributed by atoms with Gasteiger partial charge in [0.2, 0.25) is 0 Å². The minimum Gasteiger partial charge on any atom is -0.337 e. The number of benzene rings is 1. The van der Waals surface area contributed by atoms with Crippen LogP contribution in [0.4, 0.5) is 0 Å². The second kappa shape index (κ2) is 10.5. The summed E-state index contributed by atoms with van der Waals surface area (Å²) in [6, 6.07) is 13.2. The van der Waals surface area contributed by atoms with E-state index in [1.165, 1.54) is 0 Å². The molecule has 0 aliphatic heterocycles. The van der Waals surface area contributed by atoms with E-state index in [1.807, 2.05) is 51.1 Å². The summed E-state index contributed by atoms with van der Waals surface area (Å²) >= 11 is 0. The number of amides is 2. The zero-order valence-corrected chi connectivity index (χ0v) is 16.5.